The molecule has 0 amide bonds. The normalized spacial score (nSPS) is 58.4. The lowest BCUT2D eigenvalue weighted by Gasteiger charge is -2.61. The van der Waals surface area contributed by atoms with Gasteiger partial charge in [-0.1, -0.05) is 20.4 Å². The van der Waals surface area contributed by atoms with E-state index in [1.165, 1.54) is 44.9 Å². The Morgan fingerprint density at radius 2 is 1.79 bits per heavy atom. The van der Waals surface area contributed by atoms with Gasteiger partial charge >= 0.3 is 0 Å². The second-order valence-electron chi connectivity index (χ2n) is 12.0. The van der Waals surface area contributed by atoms with Gasteiger partial charge in [0.1, 0.15) is 6.04 Å². The summed E-state index contributed by atoms with van der Waals surface area (Å²) in [7, 11) is 4.43. The van der Waals surface area contributed by atoms with Gasteiger partial charge in [-0.05, 0) is 90.9 Å². The quantitative estimate of drug-likeness (QED) is 0.637. The van der Waals surface area contributed by atoms with Crippen molar-refractivity contribution in [2.75, 3.05) is 14.1 Å². The average molecular weight is 389 g/mol. The Balaban J connectivity index is 1.51. The third-order valence-electron chi connectivity index (χ3n) is 11.8. The zero-order valence-electron chi connectivity index (χ0n) is 18.9. The summed E-state index contributed by atoms with van der Waals surface area (Å²) in [4.78, 5) is 0. The van der Waals surface area contributed by atoms with E-state index >= 15 is 0 Å². The van der Waals surface area contributed by atoms with Crippen LogP contribution in [0.4, 0.5) is 0 Å². The number of quaternary nitrogens is 2. The molecule has 0 aromatic rings. The molecule has 0 radical (unpaired) electrons. The van der Waals surface area contributed by atoms with Crippen LogP contribution in [0.3, 0.4) is 0 Å². The third kappa shape index (κ3) is 1.98. The van der Waals surface area contributed by atoms with Crippen molar-refractivity contribution in [2.45, 2.75) is 90.3 Å². The minimum Gasteiger partial charge on any atom is -0.393 e. The zero-order chi connectivity index (χ0) is 20.1. The van der Waals surface area contributed by atoms with Crippen molar-refractivity contribution < 1.29 is 15.7 Å². The van der Waals surface area contributed by atoms with Gasteiger partial charge in [0.05, 0.1) is 26.2 Å². The van der Waals surface area contributed by atoms with Gasteiger partial charge in [-0.25, -0.2) is 0 Å². The monoisotopic (exact) mass is 388 g/mol. The molecular weight excluding hydrogens is 344 g/mol. The molecule has 10 unspecified atom stereocenters. The SMILES string of the molecule is C=C1C([NH2+]C)CCC23CC24CCC2(C)C(C(C)[NH2+]C)C(O)CC2(C)C4CCC13. The molecule has 158 valence electrons. The summed E-state index contributed by atoms with van der Waals surface area (Å²) in [5.74, 6) is 2.03. The van der Waals surface area contributed by atoms with Gasteiger partial charge in [0.25, 0.3) is 0 Å². The second-order valence-corrected chi connectivity index (χ2v) is 12.0. The van der Waals surface area contributed by atoms with E-state index in [2.05, 4.69) is 52.1 Å². The van der Waals surface area contributed by atoms with E-state index in [4.69, 9.17) is 0 Å². The molecule has 2 spiro atoms. The fraction of sp³-hybridized carbons (Fsp3) is 0.920. The molecule has 0 bridgehead atoms. The fourth-order valence-corrected chi connectivity index (χ4v) is 10.3. The summed E-state index contributed by atoms with van der Waals surface area (Å²) < 4.78 is 0. The Morgan fingerprint density at radius 3 is 2.46 bits per heavy atom. The first kappa shape index (κ1) is 19.6. The van der Waals surface area contributed by atoms with Crippen LogP contribution in [-0.2, 0) is 0 Å². The molecule has 3 nitrogen and oxygen atoms in total. The van der Waals surface area contributed by atoms with Gasteiger partial charge in [0, 0.05) is 12.3 Å². The van der Waals surface area contributed by atoms with Crippen molar-refractivity contribution in [2.24, 2.45) is 39.4 Å². The van der Waals surface area contributed by atoms with Gasteiger partial charge in [-0.3, -0.25) is 0 Å². The van der Waals surface area contributed by atoms with Gasteiger partial charge in [-0.15, -0.1) is 0 Å². The Labute approximate surface area is 172 Å². The maximum absolute atomic E-state index is 11.2. The van der Waals surface area contributed by atoms with Gasteiger partial charge in [-0.2, -0.15) is 0 Å². The molecule has 10 atom stereocenters. The highest BCUT2D eigenvalue weighted by Gasteiger charge is 2.82. The summed E-state index contributed by atoms with van der Waals surface area (Å²) in [6, 6.07) is 1.17. The summed E-state index contributed by atoms with van der Waals surface area (Å²) >= 11 is 0. The fourth-order valence-electron chi connectivity index (χ4n) is 10.3. The average Bonchev–Trinajstić information content (AvgIpc) is 3.27. The second kappa shape index (κ2) is 5.86. The van der Waals surface area contributed by atoms with Crippen LogP contribution in [0.2, 0.25) is 0 Å². The van der Waals surface area contributed by atoms with Gasteiger partial charge in [0.2, 0.25) is 0 Å². The lowest BCUT2D eigenvalue weighted by Crippen LogP contribution is -2.88. The molecule has 0 aromatic heterocycles. The van der Waals surface area contributed by atoms with Crippen LogP contribution in [0.5, 0.6) is 0 Å². The summed E-state index contributed by atoms with van der Waals surface area (Å²) in [5.41, 5.74) is 3.30. The van der Waals surface area contributed by atoms with Gasteiger partial charge in [0.15, 0.2) is 0 Å². The van der Waals surface area contributed by atoms with E-state index in [0.717, 1.165) is 18.3 Å². The number of hydrogen-bond acceptors (Lipinski definition) is 1. The number of aliphatic hydroxyl groups is 1. The van der Waals surface area contributed by atoms with E-state index in [0.29, 0.717) is 34.2 Å². The molecule has 5 N–H and O–H groups in total. The van der Waals surface area contributed by atoms with Crippen LogP contribution in [-0.4, -0.2) is 37.4 Å². The number of likely N-dealkylation sites (N-methyl/N-ethyl adjacent to an activating group) is 1. The molecule has 0 saturated heterocycles. The van der Waals surface area contributed by atoms with Crippen molar-refractivity contribution >= 4 is 0 Å². The van der Waals surface area contributed by atoms with E-state index in [1.54, 1.807) is 5.57 Å². The van der Waals surface area contributed by atoms with Crippen LogP contribution in [0.25, 0.3) is 0 Å². The first-order valence-electron chi connectivity index (χ1n) is 12.2. The molecule has 0 aliphatic heterocycles. The Bertz CT molecular complexity index is 692. The van der Waals surface area contributed by atoms with E-state index in [-0.39, 0.29) is 11.5 Å². The van der Waals surface area contributed by atoms with Crippen molar-refractivity contribution in [1.29, 1.82) is 0 Å². The molecule has 3 heteroatoms. The molecular formula is C25H44N2O+2. The predicted molar refractivity (Wildman–Crippen MR) is 113 cm³/mol. The van der Waals surface area contributed by atoms with Crippen LogP contribution in [0.1, 0.15) is 72.1 Å². The van der Waals surface area contributed by atoms with Crippen molar-refractivity contribution in [3.63, 3.8) is 0 Å². The minimum absolute atomic E-state index is 0.121. The highest BCUT2D eigenvalue weighted by Crippen LogP contribution is 2.87. The first-order valence-corrected chi connectivity index (χ1v) is 12.2. The zero-order valence-corrected chi connectivity index (χ0v) is 18.9. The number of fused-ring (bicyclic) bond motifs is 2. The van der Waals surface area contributed by atoms with Crippen molar-refractivity contribution in [3.8, 4) is 0 Å². The van der Waals surface area contributed by atoms with Crippen molar-refractivity contribution in [1.82, 2.24) is 0 Å². The smallest absolute Gasteiger partial charge is 0.107 e. The topological polar surface area (TPSA) is 53.5 Å². The molecule has 5 aliphatic rings. The van der Waals surface area contributed by atoms with Crippen LogP contribution >= 0.6 is 0 Å². The van der Waals surface area contributed by atoms with Gasteiger partial charge < -0.3 is 15.7 Å². The Morgan fingerprint density at radius 1 is 1.04 bits per heavy atom. The maximum atomic E-state index is 11.2. The summed E-state index contributed by atoms with van der Waals surface area (Å²) in [6.07, 6.45) is 10.6. The molecule has 5 fully saturated rings. The summed E-state index contributed by atoms with van der Waals surface area (Å²) in [6.45, 7) is 12.1. The Kier molecular flexibility index (Phi) is 4.09. The molecule has 5 aliphatic carbocycles. The largest absolute Gasteiger partial charge is 0.393 e. The lowest BCUT2D eigenvalue weighted by atomic mass is 9.43. The van der Waals surface area contributed by atoms with E-state index in [9.17, 15) is 5.11 Å². The van der Waals surface area contributed by atoms with Crippen molar-refractivity contribution in [3.05, 3.63) is 12.2 Å². The van der Waals surface area contributed by atoms with Crippen LogP contribution in [0, 0.1) is 39.4 Å². The highest BCUT2D eigenvalue weighted by molar-refractivity contribution is 5.34. The number of rotatable bonds is 3. The predicted octanol–water partition coefficient (Wildman–Crippen LogP) is 2.07. The number of aliphatic hydroxyl groups excluding tert-OH is 1. The number of hydrogen-bond donors (Lipinski definition) is 3. The molecule has 0 heterocycles. The first-order chi connectivity index (χ1) is 13.2. The van der Waals surface area contributed by atoms with E-state index in [1.807, 2.05) is 0 Å². The number of nitrogens with two attached hydrogens (primary N) is 2. The molecule has 5 rings (SSSR count). The molecule has 28 heavy (non-hydrogen) atoms. The minimum atomic E-state index is -0.121. The van der Waals surface area contributed by atoms with Crippen LogP contribution < -0.4 is 10.6 Å². The third-order valence-corrected chi connectivity index (χ3v) is 11.8. The Hall–Kier alpha value is -0.380. The lowest BCUT2D eigenvalue weighted by molar-refractivity contribution is -0.671. The molecule has 0 aromatic carbocycles. The van der Waals surface area contributed by atoms with E-state index < -0.39 is 0 Å². The van der Waals surface area contributed by atoms with Crippen LogP contribution in [0.15, 0.2) is 12.2 Å². The standard InChI is InChI=1S/C25H42N2O/c1-15-17-7-8-20-23(4)13-19(28)21(16(2)26-5)22(23,3)11-12-25(20)14-24(17,25)10-9-18(15)27-6/h16-21,26-28H,1,7-14H2,2-6H3/p+2. The summed E-state index contributed by atoms with van der Waals surface area (Å²) in [5, 5.41) is 16.0. The maximum Gasteiger partial charge on any atom is 0.107 e. The molecule has 5 saturated carbocycles. The highest BCUT2D eigenvalue weighted by atomic mass is 16.3.